The van der Waals surface area contributed by atoms with Gasteiger partial charge in [-0.15, -0.1) is 0 Å². The van der Waals surface area contributed by atoms with Gasteiger partial charge in [0.15, 0.2) is 0 Å². The average molecular weight is 352 g/mol. The van der Waals surface area contributed by atoms with Crippen molar-refractivity contribution in [2.75, 3.05) is 0 Å². The second kappa shape index (κ2) is 4.62. The summed E-state index contributed by atoms with van der Waals surface area (Å²) in [6.45, 7) is 1.43. The second-order valence-electron chi connectivity index (χ2n) is 2.99. The van der Waals surface area contributed by atoms with Gasteiger partial charge in [0.2, 0.25) is 0 Å². The van der Waals surface area contributed by atoms with E-state index in [4.69, 9.17) is 0 Å². The molecule has 0 saturated carbocycles. The van der Waals surface area contributed by atoms with Crippen LogP contribution < -0.4 is 0 Å². The number of halogens is 8. The van der Waals surface area contributed by atoms with Crippen LogP contribution in [0.3, 0.4) is 0 Å². The zero-order valence-electron chi connectivity index (χ0n) is 7.52. The Hall–Kier alpha value is 0.240. The molecule has 1 unspecified atom stereocenters. The third-order valence-electron chi connectivity index (χ3n) is 1.74. The highest BCUT2D eigenvalue weighted by Gasteiger charge is 2.72. The molecular weight excluding hydrogens is 344 g/mol. The average Bonchev–Trinajstić information content (AvgIpc) is 2.00. The second-order valence-corrected chi connectivity index (χ2v) is 4.75. The topological polar surface area (TPSA) is 0 Å². The number of alkyl halides is 8. The molecule has 8 heteroatoms. The summed E-state index contributed by atoms with van der Waals surface area (Å²) in [6, 6.07) is 0. The van der Waals surface area contributed by atoms with Crippen molar-refractivity contribution in [3.05, 3.63) is 0 Å². The van der Waals surface area contributed by atoms with Crippen LogP contribution in [-0.2, 0) is 0 Å². The molecule has 0 aromatic heterocycles. The van der Waals surface area contributed by atoms with Gasteiger partial charge in [0.25, 0.3) is 0 Å². The molecule has 0 radical (unpaired) electrons. The lowest BCUT2D eigenvalue weighted by molar-refractivity contribution is -0.355. The Morgan fingerprint density at radius 2 is 1.40 bits per heavy atom. The van der Waals surface area contributed by atoms with E-state index in [0.29, 0.717) is 0 Å². The smallest absolute Gasteiger partial charge is 0.199 e. The van der Waals surface area contributed by atoms with E-state index >= 15 is 0 Å². The van der Waals surface area contributed by atoms with Gasteiger partial charge >= 0.3 is 18.0 Å². The summed E-state index contributed by atoms with van der Waals surface area (Å²) >= 11 is 1.42. The molecule has 0 spiro atoms. The van der Waals surface area contributed by atoms with E-state index in [-0.39, 0.29) is 6.42 Å². The van der Waals surface area contributed by atoms with Crippen LogP contribution in [0.25, 0.3) is 0 Å². The molecule has 15 heavy (non-hydrogen) atoms. The molecule has 0 aliphatic rings. The van der Waals surface area contributed by atoms with Gasteiger partial charge in [-0.05, 0) is 6.42 Å². The van der Waals surface area contributed by atoms with E-state index in [1.54, 1.807) is 0 Å². The first-order valence-electron chi connectivity index (χ1n) is 3.92. The van der Waals surface area contributed by atoms with Crippen molar-refractivity contribution in [2.45, 2.75) is 41.7 Å². The molecule has 0 nitrogen and oxygen atoms in total. The van der Waals surface area contributed by atoms with Gasteiger partial charge in [-0.1, -0.05) is 29.5 Å². The highest BCUT2D eigenvalue weighted by atomic mass is 127. The molecule has 0 rings (SSSR count). The molecule has 0 aromatic rings. The Morgan fingerprint density at radius 1 is 1.00 bits per heavy atom. The first kappa shape index (κ1) is 15.2. The van der Waals surface area contributed by atoms with E-state index in [0.717, 1.165) is 0 Å². The minimum Gasteiger partial charge on any atom is -0.199 e. The molecule has 0 N–H and O–H groups in total. The van der Waals surface area contributed by atoms with Crippen molar-refractivity contribution in [1.82, 2.24) is 0 Å². The van der Waals surface area contributed by atoms with E-state index in [2.05, 4.69) is 0 Å². The van der Waals surface area contributed by atoms with E-state index in [1.807, 2.05) is 0 Å². The van der Waals surface area contributed by atoms with Gasteiger partial charge in [0, 0.05) is 10.3 Å². The molecule has 0 bridgehead atoms. The van der Waals surface area contributed by atoms with E-state index in [9.17, 15) is 30.7 Å². The van der Waals surface area contributed by atoms with Crippen molar-refractivity contribution in [3.63, 3.8) is 0 Å². The minimum atomic E-state index is -6.22. The van der Waals surface area contributed by atoms with E-state index < -0.39 is 28.4 Å². The first-order valence-corrected chi connectivity index (χ1v) is 5.16. The summed E-state index contributed by atoms with van der Waals surface area (Å²) in [5.41, 5.74) is 0. The molecule has 1 atom stereocenters. The Labute approximate surface area is 95.3 Å². The van der Waals surface area contributed by atoms with Gasteiger partial charge in [0.1, 0.15) is 0 Å². The fourth-order valence-electron chi connectivity index (χ4n) is 0.758. The monoisotopic (exact) mass is 352 g/mol. The molecule has 0 saturated heterocycles. The van der Waals surface area contributed by atoms with Crippen LogP contribution >= 0.6 is 22.6 Å². The molecule has 0 amide bonds. The van der Waals surface area contributed by atoms with Crippen LogP contribution in [0.2, 0.25) is 0 Å². The maximum Gasteiger partial charge on any atom is 0.459 e. The van der Waals surface area contributed by atoms with Gasteiger partial charge in [0.05, 0.1) is 0 Å². The number of hydrogen-bond acceptors (Lipinski definition) is 0. The predicted molar refractivity (Wildman–Crippen MR) is 48.7 cm³/mol. The third-order valence-corrected chi connectivity index (χ3v) is 3.06. The SMILES string of the molecule is CCC(I)CC(F)(F)C(F)(F)C(F)(F)F. The highest BCUT2D eigenvalue weighted by molar-refractivity contribution is 14.1. The fraction of sp³-hybridized carbons (Fsp3) is 1.00. The summed E-state index contributed by atoms with van der Waals surface area (Å²) in [4.78, 5) is 0. The zero-order chi connectivity index (χ0) is 12.5. The molecule has 0 fully saturated rings. The first-order chi connectivity index (χ1) is 6.45. The van der Waals surface area contributed by atoms with Gasteiger partial charge in [-0.25, -0.2) is 0 Å². The summed E-state index contributed by atoms with van der Waals surface area (Å²) < 4.78 is 84.0. The largest absolute Gasteiger partial charge is 0.459 e. The normalized spacial score (nSPS) is 16.6. The third kappa shape index (κ3) is 3.35. The molecule has 92 valence electrons. The van der Waals surface area contributed by atoms with Crippen LogP contribution in [0.1, 0.15) is 19.8 Å². The number of rotatable bonds is 4. The standard InChI is InChI=1S/C7H8F7I/c1-2-4(15)3-5(8,9)6(10,11)7(12,13)14/h4H,2-3H2,1H3. The minimum absolute atomic E-state index is 0.101. The van der Waals surface area contributed by atoms with Crippen molar-refractivity contribution < 1.29 is 30.7 Å². The van der Waals surface area contributed by atoms with E-state index in [1.165, 1.54) is 29.5 Å². The quantitative estimate of drug-likeness (QED) is 0.399. The number of hydrogen-bond donors (Lipinski definition) is 0. The van der Waals surface area contributed by atoms with Crippen LogP contribution in [0.5, 0.6) is 0 Å². The fourth-order valence-corrected chi connectivity index (χ4v) is 1.31. The zero-order valence-corrected chi connectivity index (χ0v) is 9.67. The summed E-state index contributed by atoms with van der Waals surface area (Å²) in [7, 11) is 0. The predicted octanol–water partition coefficient (Wildman–Crippen LogP) is 4.42. The molecule has 0 heterocycles. The molecule has 0 aliphatic heterocycles. The lowest BCUT2D eigenvalue weighted by atomic mass is 10.0. The summed E-state index contributed by atoms with van der Waals surface area (Å²) in [5, 5.41) is 0. The maximum absolute atomic E-state index is 12.7. The Balaban J connectivity index is 4.85. The van der Waals surface area contributed by atoms with Crippen molar-refractivity contribution in [1.29, 1.82) is 0 Å². The maximum atomic E-state index is 12.7. The highest BCUT2D eigenvalue weighted by Crippen LogP contribution is 2.49. The lowest BCUT2D eigenvalue weighted by Crippen LogP contribution is -2.52. The van der Waals surface area contributed by atoms with Crippen LogP contribution in [0, 0.1) is 0 Å². The Kier molecular flexibility index (Phi) is 4.70. The van der Waals surface area contributed by atoms with Gasteiger partial charge < -0.3 is 0 Å². The molecule has 0 aromatic carbocycles. The van der Waals surface area contributed by atoms with Crippen molar-refractivity contribution >= 4 is 22.6 Å². The Morgan fingerprint density at radius 3 is 1.67 bits per heavy atom. The van der Waals surface area contributed by atoms with Gasteiger partial charge in [-0.3, -0.25) is 0 Å². The summed E-state index contributed by atoms with van der Waals surface area (Å²) in [5.74, 6) is -11.0. The van der Waals surface area contributed by atoms with Crippen molar-refractivity contribution in [3.8, 4) is 0 Å². The molecule has 0 aliphatic carbocycles. The van der Waals surface area contributed by atoms with Gasteiger partial charge in [-0.2, -0.15) is 30.7 Å². The summed E-state index contributed by atoms with van der Waals surface area (Å²) in [6.07, 6.45) is -7.61. The van der Waals surface area contributed by atoms with Crippen molar-refractivity contribution in [2.24, 2.45) is 0 Å². The van der Waals surface area contributed by atoms with Crippen LogP contribution in [0.15, 0.2) is 0 Å². The van der Waals surface area contributed by atoms with Crippen LogP contribution in [-0.4, -0.2) is 21.9 Å². The Bertz CT molecular complexity index is 210. The lowest BCUT2D eigenvalue weighted by Gasteiger charge is -2.29. The van der Waals surface area contributed by atoms with Crippen LogP contribution in [0.4, 0.5) is 30.7 Å². The molecular formula is C7H8F7I.